The van der Waals surface area contributed by atoms with Crippen molar-refractivity contribution in [2.45, 2.75) is 57.8 Å². The first-order chi connectivity index (χ1) is 27.5. The molecule has 0 aliphatic carbocycles. The van der Waals surface area contributed by atoms with Crippen LogP contribution in [0, 0.1) is 0 Å². The summed E-state index contributed by atoms with van der Waals surface area (Å²) in [6.07, 6.45) is 1.93. The average molecular weight is 736 g/mol. The lowest BCUT2D eigenvalue weighted by molar-refractivity contribution is 0.567. The molecule has 0 unspecified atom stereocenters. The molecule has 7 aromatic carbocycles. The van der Waals surface area contributed by atoms with Gasteiger partial charge < -0.3 is 9.80 Å². The summed E-state index contributed by atoms with van der Waals surface area (Å²) < 4.78 is 0. The number of nitrogens with zero attached hydrogens (tertiary/aromatic N) is 3. The van der Waals surface area contributed by atoms with E-state index in [1.807, 2.05) is 6.20 Å². The lowest BCUT2D eigenvalue weighted by Gasteiger charge is -2.55. The van der Waals surface area contributed by atoms with Crippen molar-refractivity contribution in [2.24, 2.45) is 0 Å². The van der Waals surface area contributed by atoms with Gasteiger partial charge in [-0.1, -0.05) is 139 Å². The highest BCUT2D eigenvalue weighted by Gasteiger charge is 2.52. The summed E-state index contributed by atoms with van der Waals surface area (Å²) >= 11 is 0. The molecule has 57 heavy (non-hydrogen) atoms. The number of anilines is 6. The van der Waals surface area contributed by atoms with E-state index in [1.165, 1.54) is 78.0 Å². The van der Waals surface area contributed by atoms with Crippen molar-refractivity contribution in [3.8, 4) is 22.4 Å². The third-order valence-electron chi connectivity index (χ3n) is 13.4. The highest BCUT2D eigenvalue weighted by molar-refractivity contribution is 6.01. The van der Waals surface area contributed by atoms with Crippen molar-refractivity contribution < 1.29 is 0 Å². The van der Waals surface area contributed by atoms with Crippen LogP contribution in [0.25, 0.3) is 33.2 Å². The monoisotopic (exact) mass is 735 g/mol. The Kier molecular flexibility index (Phi) is 7.00. The highest BCUT2D eigenvalue weighted by Crippen LogP contribution is 2.67. The molecule has 0 bridgehead atoms. The summed E-state index contributed by atoms with van der Waals surface area (Å²) in [4.78, 5) is 10.0. The van der Waals surface area contributed by atoms with Gasteiger partial charge in [0.2, 0.25) is 0 Å². The molecular weight excluding hydrogens is 691 g/mol. The first-order valence-corrected chi connectivity index (χ1v) is 20.2. The molecule has 0 radical (unpaired) electrons. The molecule has 8 aromatic rings. The SMILES string of the molecule is CC1(C)c2cccc3c2N2c4c1cc(-c1cccc(-c5nccc6ccccc56)c1)cc4C(C)(C)c1cc(N(c4ccccc4)c4ccccc4)cc(c12)C3(C)C. The molecular formula is C54H45N3. The van der Waals surface area contributed by atoms with Crippen LogP contribution < -0.4 is 9.80 Å². The molecule has 3 heteroatoms. The number of aromatic nitrogens is 1. The van der Waals surface area contributed by atoms with Crippen molar-refractivity contribution in [3.05, 3.63) is 197 Å². The molecule has 0 spiro atoms. The Bertz CT molecular complexity index is 2890. The van der Waals surface area contributed by atoms with Crippen LogP contribution in [0.4, 0.5) is 34.1 Å². The Labute approximate surface area is 335 Å². The minimum Gasteiger partial charge on any atom is -0.310 e. The van der Waals surface area contributed by atoms with Crippen molar-refractivity contribution in [1.29, 1.82) is 0 Å². The van der Waals surface area contributed by atoms with Gasteiger partial charge in [-0.15, -0.1) is 0 Å². The Balaban J connectivity index is 1.19. The molecule has 3 aliphatic rings. The van der Waals surface area contributed by atoms with E-state index in [1.54, 1.807) is 0 Å². The fourth-order valence-corrected chi connectivity index (χ4v) is 10.3. The zero-order valence-electron chi connectivity index (χ0n) is 33.4. The molecule has 4 heterocycles. The maximum absolute atomic E-state index is 4.91. The maximum atomic E-state index is 4.91. The number of hydrogen-bond donors (Lipinski definition) is 0. The van der Waals surface area contributed by atoms with Gasteiger partial charge in [0.05, 0.1) is 22.8 Å². The molecule has 0 saturated heterocycles. The second-order valence-corrected chi connectivity index (χ2v) is 17.7. The normalized spacial score (nSPS) is 15.9. The first kappa shape index (κ1) is 33.9. The third kappa shape index (κ3) is 4.69. The summed E-state index contributed by atoms with van der Waals surface area (Å²) in [7, 11) is 0. The molecule has 1 aromatic heterocycles. The van der Waals surface area contributed by atoms with E-state index in [9.17, 15) is 0 Å². The quantitative estimate of drug-likeness (QED) is 0.175. The van der Waals surface area contributed by atoms with Crippen LogP contribution in [-0.4, -0.2) is 4.98 Å². The van der Waals surface area contributed by atoms with Crippen LogP contribution in [0.1, 0.15) is 74.9 Å². The molecule has 0 saturated carbocycles. The molecule has 0 fully saturated rings. The minimum absolute atomic E-state index is 0.227. The van der Waals surface area contributed by atoms with Crippen LogP contribution in [0.15, 0.2) is 164 Å². The van der Waals surface area contributed by atoms with Gasteiger partial charge in [0, 0.05) is 50.5 Å². The van der Waals surface area contributed by atoms with Gasteiger partial charge in [-0.3, -0.25) is 4.98 Å². The predicted molar refractivity (Wildman–Crippen MR) is 238 cm³/mol. The van der Waals surface area contributed by atoms with Crippen molar-refractivity contribution in [2.75, 3.05) is 9.80 Å². The summed E-state index contributed by atoms with van der Waals surface area (Å²) in [5, 5.41) is 2.37. The molecule has 3 nitrogen and oxygen atoms in total. The Morgan fingerprint density at radius 1 is 0.404 bits per heavy atom. The molecule has 0 N–H and O–H groups in total. The van der Waals surface area contributed by atoms with Crippen LogP contribution in [-0.2, 0) is 16.2 Å². The third-order valence-corrected chi connectivity index (χ3v) is 13.4. The molecule has 276 valence electrons. The van der Waals surface area contributed by atoms with E-state index in [4.69, 9.17) is 4.98 Å². The summed E-state index contributed by atoms with van der Waals surface area (Å²) in [5.41, 5.74) is 19.5. The smallest absolute Gasteiger partial charge is 0.0780 e. The van der Waals surface area contributed by atoms with Crippen LogP contribution in [0.5, 0.6) is 0 Å². The fourth-order valence-electron chi connectivity index (χ4n) is 10.3. The highest BCUT2D eigenvalue weighted by atomic mass is 15.2. The van der Waals surface area contributed by atoms with E-state index < -0.39 is 0 Å². The average Bonchev–Trinajstić information content (AvgIpc) is 3.23. The molecule has 3 aliphatic heterocycles. The van der Waals surface area contributed by atoms with Gasteiger partial charge in [0.1, 0.15) is 0 Å². The van der Waals surface area contributed by atoms with Gasteiger partial charge in [-0.25, -0.2) is 0 Å². The van der Waals surface area contributed by atoms with Gasteiger partial charge in [0.25, 0.3) is 0 Å². The molecule has 0 amide bonds. The lowest BCUT2D eigenvalue weighted by Crippen LogP contribution is -2.43. The van der Waals surface area contributed by atoms with E-state index in [2.05, 4.69) is 209 Å². The zero-order chi connectivity index (χ0) is 38.8. The maximum Gasteiger partial charge on any atom is 0.0780 e. The second-order valence-electron chi connectivity index (χ2n) is 17.7. The van der Waals surface area contributed by atoms with Gasteiger partial charge in [-0.2, -0.15) is 0 Å². The minimum atomic E-state index is -0.319. The Morgan fingerprint density at radius 2 is 0.895 bits per heavy atom. The van der Waals surface area contributed by atoms with Crippen molar-refractivity contribution >= 4 is 44.9 Å². The topological polar surface area (TPSA) is 19.4 Å². The largest absolute Gasteiger partial charge is 0.310 e. The van der Waals surface area contributed by atoms with Crippen molar-refractivity contribution in [3.63, 3.8) is 0 Å². The number of benzene rings is 7. The summed E-state index contributed by atoms with van der Waals surface area (Å²) in [6.45, 7) is 14.6. The molecule has 11 rings (SSSR count). The van der Waals surface area contributed by atoms with Crippen molar-refractivity contribution in [1.82, 2.24) is 4.98 Å². The number of hydrogen-bond acceptors (Lipinski definition) is 3. The van der Waals surface area contributed by atoms with Gasteiger partial charge in [-0.05, 0) is 111 Å². The predicted octanol–water partition coefficient (Wildman–Crippen LogP) is 14.4. The van der Waals surface area contributed by atoms with E-state index in [0.29, 0.717) is 0 Å². The van der Waals surface area contributed by atoms with Crippen LogP contribution in [0.3, 0.4) is 0 Å². The lowest BCUT2D eigenvalue weighted by atomic mass is 9.60. The van der Waals surface area contributed by atoms with Gasteiger partial charge >= 0.3 is 0 Å². The standard InChI is InChI=1S/C54H45N3/c1-52(2)42-25-16-26-43-49(42)57-50-44(52)30-37(35-18-15-19-36(29-35)48-41-24-14-13-17-34(41)27-28-55-48)31-45(50)54(5,6)47-33-40(32-46(51(47)57)53(43,3)4)56(38-20-9-7-10-21-38)39-22-11-8-12-23-39/h7-33H,1-6H3. The van der Waals surface area contributed by atoms with E-state index >= 15 is 0 Å². The number of pyridine rings is 1. The fraction of sp³-hybridized carbons (Fsp3) is 0.167. The Hall–Kier alpha value is -6.45. The second kappa shape index (κ2) is 11.8. The number of fused-ring (bicyclic) bond motifs is 1. The summed E-state index contributed by atoms with van der Waals surface area (Å²) in [6, 6.07) is 58.3. The van der Waals surface area contributed by atoms with E-state index in [-0.39, 0.29) is 16.2 Å². The van der Waals surface area contributed by atoms with Crippen LogP contribution in [0.2, 0.25) is 0 Å². The van der Waals surface area contributed by atoms with E-state index in [0.717, 1.165) is 22.6 Å². The first-order valence-electron chi connectivity index (χ1n) is 20.2. The van der Waals surface area contributed by atoms with Crippen LogP contribution >= 0.6 is 0 Å². The number of rotatable bonds is 5. The van der Waals surface area contributed by atoms with Gasteiger partial charge in [0.15, 0.2) is 0 Å². The molecule has 0 atom stereocenters. The zero-order valence-corrected chi connectivity index (χ0v) is 33.4. The number of para-hydroxylation sites is 3. The summed E-state index contributed by atoms with van der Waals surface area (Å²) in [5.74, 6) is 0. The Morgan fingerprint density at radius 3 is 1.51 bits per heavy atom.